The number of quaternary nitrogens is 2. The lowest BCUT2D eigenvalue weighted by Gasteiger charge is -2.29. The predicted octanol–water partition coefficient (Wildman–Crippen LogP) is -0.101. The Morgan fingerprint density at radius 3 is 2.68 bits per heavy atom. The molecule has 2 aromatic heterocycles. The van der Waals surface area contributed by atoms with Crippen LogP contribution >= 0.6 is 22.9 Å². The number of rotatable bonds is 4. The summed E-state index contributed by atoms with van der Waals surface area (Å²) in [4.78, 5) is 25.8. The Morgan fingerprint density at radius 2 is 1.92 bits per heavy atom. The summed E-state index contributed by atoms with van der Waals surface area (Å²) in [5.74, 6) is 0.830. The lowest BCUT2D eigenvalue weighted by Crippen LogP contribution is -3.27. The third-order valence-corrected chi connectivity index (χ3v) is 6.72. The van der Waals surface area contributed by atoms with Gasteiger partial charge in [-0.05, 0) is 31.2 Å². The molecule has 0 radical (unpaired) electrons. The number of nitrogens with zero attached hydrogens (tertiary/aromatic N) is 1. The van der Waals surface area contributed by atoms with Gasteiger partial charge in [-0.1, -0.05) is 18.2 Å². The standard InChI is InChI=1S/C18H23ClN4OS/c1-12(19)10-22-6-8-23(9-7-22)11-15-20-17(24)16-13-4-2-3-5-14(13)25-18(16)21-15/h1-11H2,(H,20,21,24)/p+2. The second kappa shape index (κ2) is 7.19. The Labute approximate surface area is 156 Å². The molecule has 3 N–H and O–H groups in total. The van der Waals surface area contributed by atoms with Crippen molar-refractivity contribution in [2.24, 2.45) is 0 Å². The second-order valence-electron chi connectivity index (χ2n) is 7.27. The molecule has 25 heavy (non-hydrogen) atoms. The Balaban J connectivity index is 1.49. The Kier molecular flexibility index (Phi) is 4.95. The number of aromatic amines is 1. The minimum atomic E-state index is 0.0569. The van der Waals surface area contributed by atoms with Crippen LogP contribution in [0.5, 0.6) is 0 Å². The molecule has 0 unspecified atom stereocenters. The molecule has 2 aromatic rings. The van der Waals surface area contributed by atoms with Gasteiger partial charge >= 0.3 is 0 Å². The molecule has 1 aliphatic heterocycles. The Hall–Kier alpha value is -1.21. The van der Waals surface area contributed by atoms with E-state index >= 15 is 0 Å². The number of hydrogen-bond acceptors (Lipinski definition) is 3. The number of H-pyrrole nitrogens is 1. The third kappa shape index (κ3) is 3.67. The SMILES string of the molecule is C=C(Cl)C[NH+]1CC[NH+](Cc2nc3sc4c(c3c(=O)[nH]2)CCCC4)CC1. The number of piperazine rings is 1. The first-order valence-electron chi connectivity index (χ1n) is 9.14. The average molecular weight is 381 g/mol. The topological polar surface area (TPSA) is 54.6 Å². The highest BCUT2D eigenvalue weighted by atomic mass is 35.5. The number of aryl methyl sites for hydroxylation is 2. The van der Waals surface area contributed by atoms with E-state index in [0.29, 0.717) is 0 Å². The summed E-state index contributed by atoms with van der Waals surface area (Å²) in [6.07, 6.45) is 4.55. The number of thiophene rings is 1. The summed E-state index contributed by atoms with van der Waals surface area (Å²) in [5, 5.41) is 1.59. The molecule has 0 amide bonds. The highest BCUT2D eigenvalue weighted by molar-refractivity contribution is 7.18. The van der Waals surface area contributed by atoms with Crippen LogP contribution < -0.4 is 15.4 Å². The van der Waals surface area contributed by atoms with Crippen LogP contribution in [0.4, 0.5) is 0 Å². The maximum absolute atomic E-state index is 12.6. The van der Waals surface area contributed by atoms with E-state index in [1.165, 1.54) is 33.1 Å². The van der Waals surface area contributed by atoms with Crippen molar-refractivity contribution in [3.8, 4) is 0 Å². The van der Waals surface area contributed by atoms with Gasteiger partial charge in [0.2, 0.25) is 0 Å². The zero-order valence-electron chi connectivity index (χ0n) is 14.4. The molecule has 0 atom stereocenters. The molecule has 4 rings (SSSR count). The van der Waals surface area contributed by atoms with Crippen LogP contribution in [-0.2, 0) is 19.4 Å². The van der Waals surface area contributed by atoms with Gasteiger partial charge in [-0.2, -0.15) is 0 Å². The van der Waals surface area contributed by atoms with E-state index in [1.807, 2.05) is 0 Å². The minimum Gasteiger partial charge on any atom is -0.321 e. The van der Waals surface area contributed by atoms with Gasteiger partial charge in [-0.25, -0.2) is 4.98 Å². The van der Waals surface area contributed by atoms with Gasteiger partial charge in [0.1, 0.15) is 44.1 Å². The molecule has 1 aliphatic carbocycles. The Bertz CT molecular complexity index is 851. The molecule has 1 fully saturated rings. The van der Waals surface area contributed by atoms with E-state index in [9.17, 15) is 4.79 Å². The van der Waals surface area contributed by atoms with Crippen LogP contribution in [0, 0.1) is 0 Å². The fourth-order valence-corrected chi connectivity index (χ4v) is 5.58. The average Bonchev–Trinajstić information content (AvgIpc) is 2.95. The van der Waals surface area contributed by atoms with Crippen molar-refractivity contribution in [1.29, 1.82) is 0 Å². The quantitative estimate of drug-likeness (QED) is 0.693. The fourth-order valence-electron chi connectivity index (χ4n) is 4.11. The minimum absolute atomic E-state index is 0.0569. The molecule has 2 aliphatic rings. The molecular weight excluding hydrogens is 356 g/mol. The van der Waals surface area contributed by atoms with E-state index in [-0.39, 0.29) is 5.56 Å². The van der Waals surface area contributed by atoms with Gasteiger partial charge in [-0.15, -0.1) is 11.3 Å². The largest absolute Gasteiger partial charge is 0.321 e. The van der Waals surface area contributed by atoms with Crippen molar-refractivity contribution >= 4 is 33.2 Å². The molecule has 134 valence electrons. The van der Waals surface area contributed by atoms with E-state index in [4.69, 9.17) is 16.6 Å². The number of fused-ring (bicyclic) bond motifs is 3. The maximum Gasteiger partial charge on any atom is 0.260 e. The summed E-state index contributed by atoms with van der Waals surface area (Å²) in [7, 11) is 0. The van der Waals surface area contributed by atoms with Crippen LogP contribution in [0.3, 0.4) is 0 Å². The van der Waals surface area contributed by atoms with Crippen molar-refractivity contribution in [3.05, 3.63) is 38.2 Å². The predicted molar refractivity (Wildman–Crippen MR) is 102 cm³/mol. The van der Waals surface area contributed by atoms with Crippen molar-refractivity contribution in [2.45, 2.75) is 32.2 Å². The summed E-state index contributed by atoms with van der Waals surface area (Å²) in [6.45, 7) is 9.74. The van der Waals surface area contributed by atoms with Crippen molar-refractivity contribution < 1.29 is 9.80 Å². The monoisotopic (exact) mass is 380 g/mol. The molecule has 3 heterocycles. The lowest BCUT2D eigenvalue weighted by atomic mass is 9.97. The van der Waals surface area contributed by atoms with E-state index in [2.05, 4.69) is 11.6 Å². The van der Waals surface area contributed by atoms with Crippen LogP contribution in [0.25, 0.3) is 10.2 Å². The highest BCUT2D eigenvalue weighted by Crippen LogP contribution is 2.33. The van der Waals surface area contributed by atoms with Crippen LogP contribution in [-0.4, -0.2) is 42.7 Å². The molecular formula is C18H25ClN4OS+2. The van der Waals surface area contributed by atoms with Gasteiger partial charge < -0.3 is 14.8 Å². The first-order chi connectivity index (χ1) is 12.1. The molecule has 0 saturated carbocycles. The van der Waals surface area contributed by atoms with Crippen molar-refractivity contribution in [3.63, 3.8) is 0 Å². The summed E-state index contributed by atoms with van der Waals surface area (Å²) in [6, 6.07) is 0. The number of hydrogen-bond donors (Lipinski definition) is 3. The first-order valence-corrected chi connectivity index (χ1v) is 10.3. The van der Waals surface area contributed by atoms with Gasteiger partial charge in [-0.3, -0.25) is 4.79 Å². The molecule has 7 heteroatoms. The summed E-state index contributed by atoms with van der Waals surface area (Å²) >= 11 is 7.65. The van der Waals surface area contributed by atoms with Crippen molar-refractivity contribution in [1.82, 2.24) is 9.97 Å². The van der Waals surface area contributed by atoms with E-state index in [1.54, 1.807) is 11.3 Å². The Morgan fingerprint density at radius 1 is 1.20 bits per heavy atom. The van der Waals surface area contributed by atoms with Gasteiger partial charge in [0.15, 0.2) is 5.82 Å². The molecule has 0 bridgehead atoms. The summed E-state index contributed by atoms with van der Waals surface area (Å²) in [5.41, 5.74) is 1.32. The van der Waals surface area contributed by atoms with E-state index in [0.717, 1.165) is 73.2 Å². The summed E-state index contributed by atoms with van der Waals surface area (Å²) < 4.78 is 0. The van der Waals surface area contributed by atoms with Crippen LogP contribution in [0.1, 0.15) is 29.1 Å². The third-order valence-electron chi connectivity index (χ3n) is 5.40. The fraction of sp³-hybridized carbons (Fsp3) is 0.556. The molecule has 0 aromatic carbocycles. The van der Waals surface area contributed by atoms with Crippen molar-refractivity contribution in [2.75, 3.05) is 32.7 Å². The smallest absolute Gasteiger partial charge is 0.260 e. The number of nitrogens with one attached hydrogen (secondary N) is 3. The number of halogens is 1. The lowest BCUT2D eigenvalue weighted by molar-refractivity contribution is -1.02. The molecule has 5 nitrogen and oxygen atoms in total. The van der Waals surface area contributed by atoms with Gasteiger partial charge in [0.25, 0.3) is 5.56 Å². The van der Waals surface area contributed by atoms with E-state index < -0.39 is 0 Å². The zero-order chi connectivity index (χ0) is 17.4. The number of aromatic nitrogens is 2. The normalized spacial score (nSPS) is 23.6. The maximum atomic E-state index is 12.6. The zero-order valence-corrected chi connectivity index (χ0v) is 16.0. The van der Waals surface area contributed by atoms with Gasteiger partial charge in [0, 0.05) is 4.88 Å². The van der Waals surface area contributed by atoms with Crippen LogP contribution in [0.15, 0.2) is 16.4 Å². The highest BCUT2D eigenvalue weighted by Gasteiger charge is 2.25. The first kappa shape index (κ1) is 17.2. The van der Waals surface area contributed by atoms with Gasteiger partial charge in [0.05, 0.1) is 10.4 Å². The molecule has 1 saturated heterocycles. The van der Waals surface area contributed by atoms with Crippen LogP contribution in [0.2, 0.25) is 0 Å². The second-order valence-corrected chi connectivity index (χ2v) is 8.89. The molecule has 0 spiro atoms.